The van der Waals surface area contributed by atoms with Crippen LogP contribution in [0.4, 0.5) is 0 Å². The summed E-state index contributed by atoms with van der Waals surface area (Å²) in [5, 5.41) is 3.01. The molecular formula is C25H28N4O2. The monoisotopic (exact) mass is 416 g/mol. The number of amides is 2. The lowest BCUT2D eigenvalue weighted by molar-refractivity contribution is -0.121. The highest BCUT2D eigenvalue weighted by Gasteiger charge is 2.19. The first-order chi connectivity index (χ1) is 15.0. The second-order valence-electron chi connectivity index (χ2n) is 7.52. The summed E-state index contributed by atoms with van der Waals surface area (Å²) in [4.78, 5) is 35.6. The first-order valence-electron chi connectivity index (χ1n) is 10.5. The summed E-state index contributed by atoms with van der Waals surface area (Å²) >= 11 is 0. The van der Waals surface area contributed by atoms with Crippen LogP contribution in [0.15, 0.2) is 73.1 Å². The number of rotatable bonds is 9. The van der Waals surface area contributed by atoms with Crippen LogP contribution in [0.25, 0.3) is 0 Å². The van der Waals surface area contributed by atoms with E-state index in [1.54, 1.807) is 11.1 Å². The van der Waals surface area contributed by atoms with E-state index in [-0.39, 0.29) is 30.0 Å². The van der Waals surface area contributed by atoms with Gasteiger partial charge in [0.2, 0.25) is 5.91 Å². The minimum absolute atomic E-state index is 0.0925. The molecule has 3 rings (SSSR count). The SMILES string of the molecule is Cc1cnc(C(=O)N(CCC(=O)NC(C)c2ccccc2)CCc2ccccc2)cn1. The zero-order chi connectivity index (χ0) is 22.1. The molecular weight excluding hydrogens is 388 g/mol. The fraction of sp³-hybridized carbons (Fsp3) is 0.280. The van der Waals surface area contributed by atoms with Gasteiger partial charge in [0.05, 0.1) is 17.9 Å². The van der Waals surface area contributed by atoms with E-state index in [2.05, 4.69) is 15.3 Å². The first kappa shape index (κ1) is 22.2. The van der Waals surface area contributed by atoms with Crippen LogP contribution in [0.5, 0.6) is 0 Å². The predicted octanol–water partition coefficient (Wildman–Crippen LogP) is 3.74. The molecule has 1 aromatic heterocycles. The van der Waals surface area contributed by atoms with Crippen molar-refractivity contribution in [3.63, 3.8) is 0 Å². The summed E-state index contributed by atoms with van der Waals surface area (Å²) in [5.74, 6) is -0.309. The molecule has 1 atom stereocenters. The van der Waals surface area contributed by atoms with Gasteiger partial charge in [-0.2, -0.15) is 0 Å². The summed E-state index contributed by atoms with van der Waals surface area (Å²) in [7, 11) is 0. The quantitative estimate of drug-likeness (QED) is 0.577. The van der Waals surface area contributed by atoms with E-state index < -0.39 is 0 Å². The average Bonchev–Trinajstić information content (AvgIpc) is 2.80. The van der Waals surface area contributed by atoms with Crippen LogP contribution < -0.4 is 5.32 Å². The number of nitrogens with zero attached hydrogens (tertiary/aromatic N) is 3. The molecule has 160 valence electrons. The molecule has 0 fully saturated rings. The second kappa shape index (κ2) is 11.0. The van der Waals surface area contributed by atoms with Gasteiger partial charge in [-0.05, 0) is 31.4 Å². The molecule has 1 heterocycles. The molecule has 6 heteroatoms. The first-order valence-corrected chi connectivity index (χ1v) is 10.5. The molecule has 0 aliphatic rings. The number of nitrogens with one attached hydrogen (secondary N) is 1. The Morgan fingerprint density at radius 2 is 1.61 bits per heavy atom. The van der Waals surface area contributed by atoms with E-state index in [4.69, 9.17) is 0 Å². The van der Waals surface area contributed by atoms with Gasteiger partial charge < -0.3 is 10.2 Å². The largest absolute Gasteiger partial charge is 0.350 e. The normalized spacial score (nSPS) is 11.5. The van der Waals surface area contributed by atoms with E-state index >= 15 is 0 Å². The lowest BCUT2D eigenvalue weighted by Gasteiger charge is -2.23. The van der Waals surface area contributed by atoms with Crippen molar-refractivity contribution in [2.75, 3.05) is 13.1 Å². The number of hydrogen-bond acceptors (Lipinski definition) is 4. The topological polar surface area (TPSA) is 75.2 Å². The van der Waals surface area contributed by atoms with Gasteiger partial charge in [-0.3, -0.25) is 14.6 Å². The van der Waals surface area contributed by atoms with Gasteiger partial charge in [-0.1, -0.05) is 60.7 Å². The molecule has 0 radical (unpaired) electrons. The van der Waals surface area contributed by atoms with Crippen LogP contribution in [-0.2, 0) is 11.2 Å². The summed E-state index contributed by atoms with van der Waals surface area (Å²) in [6.07, 6.45) is 3.99. The van der Waals surface area contributed by atoms with E-state index in [0.717, 1.165) is 16.8 Å². The Hall–Kier alpha value is -3.54. The minimum Gasteiger partial charge on any atom is -0.350 e. The number of aryl methyl sites for hydroxylation is 1. The standard InChI is InChI=1S/C25H28N4O2/c1-19-17-27-23(18-26-19)25(31)29(15-13-21-9-5-3-6-10-21)16-14-24(30)28-20(2)22-11-7-4-8-12-22/h3-12,17-18,20H,13-16H2,1-2H3,(H,28,30). The van der Waals surface area contributed by atoms with E-state index in [9.17, 15) is 9.59 Å². The van der Waals surface area contributed by atoms with Crippen molar-refractivity contribution < 1.29 is 9.59 Å². The Kier molecular flexibility index (Phi) is 7.87. The highest BCUT2D eigenvalue weighted by molar-refractivity contribution is 5.92. The van der Waals surface area contributed by atoms with Crippen LogP contribution in [0.3, 0.4) is 0 Å². The Labute approximate surface area is 183 Å². The molecule has 0 aliphatic heterocycles. The Balaban J connectivity index is 1.63. The lowest BCUT2D eigenvalue weighted by atomic mass is 10.1. The molecule has 1 unspecified atom stereocenters. The fourth-order valence-electron chi connectivity index (χ4n) is 3.26. The smallest absolute Gasteiger partial charge is 0.274 e. The second-order valence-corrected chi connectivity index (χ2v) is 7.52. The number of carbonyl (C=O) groups excluding carboxylic acids is 2. The average molecular weight is 417 g/mol. The minimum atomic E-state index is -0.215. The molecule has 0 saturated heterocycles. The maximum Gasteiger partial charge on any atom is 0.274 e. The van der Waals surface area contributed by atoms with Gasteiger partial charge in [0.25, 0.3) is 5.91 Å². The van der Waals surface area contributed by atoms with Crippen LogP contribution in [0, 0.1) is 6.92 Å². The molecule has 31 heavy (non-hydrogen) atoms. The van der Waals surface area contributed by atoms with Gasteiger partial charge in [0, 0.05) is 25.7 Å². The van der Waals surface area contributed by atoms with Gasteiger partial charge in [-0.25, -0.2) is 4.98 Å². The van der Waals surface area contributed by atoms with Crippen LogP contribution in [0.1, 0.15) is 46.7 Å². The van der Waals surface area contributed by atoms with Crippen molar-refractivity contribution in [3.8, 4) is 0 Å². The molecule has 0 bridgehead atoms. The van der Waals surface area contributed by atoms with E-state index in [0.29, 0.717) is 19.5 Å². The molecule has 2 amide bonds. The summed E-state index contributed by atoms with van der Waals surface area (Å²) in [5.41, 5.74) is 3.22. The number of hydrogen-bond donors (Lipinski definition) is 1. The van der Waals surface area contributed by atoms with Crippen molar-refractivity contribution in [3.05, 3.63) is 95.6 Å². The molecule has 2 aromatic carbocycles. The highest BCUT2D eigenvalue weighted by atomic mass is 16.2. The molecule has 0 spiro atoms. The molecule has 3 aromatic rings. The maximum atomic E-state index is 13.0. The Morgan fingerprint density at radius 3 is 2.26 bits per heavy atom. The van der Waals surface area contributed by atoms with Crippen molar-refractivity contribution in [1.82, 2.24) is 20.2 Å². The molecule has 0 saturated carbocycles. The zero-order valence-corrected chi connectivity index (χ0v) is 18.0. The maximum absolute atomic E-state index is 13.0. The van der Waals surface area contributed by atoms with Crippen LogP contribution >= 0.6 is 0 Å². The zero-order valence-electron chi connectivity index (χ0n) is 18.0. The number of benzene rings is 2. The summed E-state index contributed by atoms with van der Waals surface area (Å²) in [6, 6.07) is 19.7. The highest BCUT2D eigenvalue weighted by Crippen LogP contribution is 2.12. The third-order valence-electron chi connectivity index (χ3n) is 5.09. The Morgan fingerprint density at radius 1 is 0.935 bits per heavy atom. The molecule has 1 N–H and O–H groups in total. The van der Waals surface area contributed by atoms with Crippen LogP contribution in [0.2, 0.25) is 0 Å². The van der Waals surface area contributed by atoms with Crippen LogP contribution in [-0.4, -0.2) is 39.8 Å². The van der Waals surface area contributed by atoms with Gasteiger partial charge in [0.15, 0.2) is 0 Å². The predicted molar refractivity (Wildman–Crippen MR) is 120 cm³/mol. The third-order valence-corrected chi connectivity index (χ3v) is 5.09. The number of carbonyl (C=O) groups is 2. The van der Waals surface area contributed by atoms with Gasteiger partial charge >= 0.3 is 0 Å². The third kappa shape index (κ3) is 6.74. The molecule has 0 aliphatic carbocycles. The van der Waals surface area contributed by atoms with Crippen molar-refractivity contribution >= 4 is 11.8 Å². The fourth-order valence-corrected chi connectivity index (χ4v) is 3.26. The molecule has 6 nitrogen and oxygen atoms in total. The van der Waals surface area contributed by atoms with Gasteiger partial charge in [-0.15, -0.1) is 0 Å². The summed E-state index contributed by atoms with van der Waals surface area (Å²) in [6.45, 7) is 4.59. The van der Waals surface area contributed by atoms with Crippen molar-refractivity contribution in [2.45, 2.75) is 32.7 Å². The lowest BCUT2D eigenvalue weighted by Crippen LogP contribution is -2.37. The number of aromatic nitrogens is 2. The van der Waals surface area contributed by atoms with Crippen molar-refractivity contribution in [1.29, 1.82) is 0 Å². The van der Waals surface area contributed by atoms with E-state index in [1.807, 2.05) is 74.5 Å². The van der Waals surface area contributed by atoms with Gasteiger partial charge in [0.1, 0.15) is 5.69 Å². The van der Waals surface area contributed by atoms with E-state index in [1.165, 1.54) is 6.20 Å². The summed E-state index contributed by atoms with van der Waals surface area (Å²) < 4.78 is 0. The Bertz CT molecular complexity index is 975. The van der Waals surface area contributed by atoms with Crippen molar-refractivity contribution in [2.24, 2.45) is 0 Å².